The van der Waals surface area contributed by atoms with Crippen molar-refractivity contribution in [3.63, 3.8) is 0 Å². The molecular formula is C24H22FN3O4. The van der Waals surface area contributed by atoms with Crippen molar-refractivity contribution < 1.29 is 23.8 Å². The first-order valence-corrected chi connectivity index (χ1v) is 10.1. The predicted molar refractivity (Wildman–Crippen MR) is 115 cm³/mol. The molecule has 1 aliphatic rings. The van der Waals surface area contributed by atoms with Crippen LogP contribution in [0.4, 0.5) is 4.39 Å². The van der Waals surface area contributed by atoms with Crippen LogP contribution in [0.5, 0.6) is 5.75 Å². The number of imidazole rings is 1. The van der Waals surface area contributed by atoms with Crippen molar-refractivity contribution in [2.45, 2.75) is 19.0 Å². The van der Waals surface area contributed by atoms with E-state index in [0.717, 1.165) is 6.07 Å². The Balaban J connectivity index is 1.72. The van der Waals surface area contributed by atoms with Crippen LogP contribution in [-0.4, -0.2) is 44.9 Å². The van der Waals surface area contributed by atoms with E-state index in [1.165, 1.54) is 24.1 Å². The zero-order valence-corrected chi connectivity index (χ0v) is 17.4. The molecule has 0 radical (unpaired) electrons. The van der Waals surface area contributed by atoms with E-state index >= 15 is 0 Å². The molecule has 8 heteroatoms. The number of carbonyl (C=O) groups excluding carboxylic acids is 2. The molecule has 1 atom stereocenters. The molecule has 0 bridgehead atoms. The summed E-state index contributed by atoms with van der Waals surface area (Å²) >= 11 is 0. The number of hydrogen-bond acceptors (Lipinski definition) is 5. The van der Waals surface area contributed by atoms with E-state index in [0.29, 0.717) is 25.1 Å². The van der Waals surface area contributed by atoms with E-state index in [9.17, 15) is 19.1 Å². The highest BCUT2D eigenvalue weighted by molar-refractivity contribution is 6.46. The predicted octanol–water partition coefficient (Wildman–Crippen LogP) is 3.54. The molecule has 7 nitrogen and oxygen atoms in total. The molecule has 0 aliphatic carbocycles. The van der Waals surface area contributed by atoms with Crippen molar-refractivity contribution in [3.8, 4) is 5.75 Å². The first-order valence-electron chi connectivity index (χ1n) is 10.1. The maximum atomic E-state index is 14.2. The Kier molecular flexibility index (Phi) is 6.02. The molecule has 0 spiro atoms. The Hall–Kier alpha value is -3.94. The summed E-state index contributed by atoms with van der Waals surface area (Å²) in [6, 6.07) is 12.1. The van der Waals surface area contributed by atoms with Crippen molar-refractivity contribution in [2.24, 2.45) is 0 Å². The largest absolute Gasteiger partial charge is 0.507 e. The fourth-order valence-electron chi connectivity index (χ4n) is 3.90. The summed E-state index contributed by atoms with van der Waals surface area (Å²) in [6.07, 6.45) is 5.76. The van der Waals surface area contributed by atoms with E-state index in [2.05, 4.69) is 4.98 Å². The van der Waals surface area contributed by atoms with Crippen LogP contribution in [-0.2, 0) is 16.1 Å². The second kappa shape index (κ2) is 9.05. The summed E-state index contributed by atoms with van der Waals surface area (Å²) in [6.45, 7) is 0.921. The number of aromatic nitrogens is 2. The van der Waals surface area contributed by atoms with Gasteiger partial charge in [-0.2, -0.15) is 0 Å². The molecular weight excluding hydrogens is 413 g/mol. The van der Waals surface area contributed by atoms with Crippen molar-refractivity contribution in [1.29, 1.82) is 0 Å². The second-order valence-electron chi connectivity index (χ2n) is 7.41. The highest BCUT2D eigenvalue weighted by Gasteiger charge is 2.45. The van der Waals surface area contributed by atoms with Crippen LogP contribution in [0.2, 0.25) is 0 Å². The number of aryl methyl sites for hydroxylation is 1. The molecule has 164 valence electrons. The zero-order valence-electron chi connectivity index (χ0n) is 17.4. The van der Waals surface area contributed by atoms with Gasteiger partial charge in [-0.25, -0.2) is 9.37 Å². The van der Waals surface area contributed by atoms with Gasteiger partial charge in [0.25, 0.3) is 11.7 Å². The standard InChI is InChI=1S/C24H22FN3O4/c1-32-19-9-8-17(14-18(19)25)22(29)20-21(16-6-3-2-4-7-16)28(24(31)23(20)30)12-5-11-27-13-10-26-15-27/h2-4,6-10,13-15,21,29H,5,11-12H2,1H3. The number of halogens is 1. The quantitative estimate of drug-likeness (QED) is 0.349. The van der Waals surface area contributed by atoms with Gasteiger partial charge in [-0.05, 0) is 30.2 Å². The Morgan fingerprint density at radius 1 is 1.16 bits per heavy atom. The molecule has 4 rings (SSSR count). The van der Waals surface area contributed by atoms with Crippen LogP contribution in [0, 0.1) is 5.82 Å². The summed E-state index contributed by atoms with van der Waals surface area (Å²) in [4.78, 5) is 31.3. The molecule has 1 N–H and O–H groups in total. The number of methoxy groups -OCH3 is 1. The Labute approximate surface area is 184 Å². The lowest BCUT2D eigenvalue weighted by atomic mass is 9.95. The zero-order chi connectivity index (χ0) is 22.7. The lowest BCUT2D eigenvalue weighted by molar-refractivity contribution is -0.139. The molecule has 2 aromatic carbocycles. The van der Waals surface area contributed by atoms with Crippen molar-refractivity contribution in [3.05, 3.63) is 89.8 Å². The topological polar surface area (TPSA) is 84.7 Å². The number of carbonyl (C=O) groups is 2. The van der Waals surface area contributed by atoms with Gasteiger partial charge in [0, 0.05) is 31.0 Å². The summed E-state index contributed by atoms with van der Waals surface area (Å²) in [5.74, 6) is -2.57. The van der Waals surface area contributed by atoms with Crippen molar-refractivity contribution in [1.82, 2.24) is 14.5 Å². The maximum Gasteiger partial charge on any atom is 0.295 e. The summed E-state index contributed by atoms with van der Waals surface area (Å²) in [5.41, 5.74) is 0.721. The van der Waals surface area contributed by atoms with Crippen molar-refractivity contribution >= 4 is 17.4 Å². The second-order valence-corrected chi connectivity index (χ2v) is 7.41. The van der Waals surface area contributed by atoms with E-state index in [-0.39, 0.29) is 16.9 Å². The lowest BCUT2D eigenvalue weighted by Gasteiger charge is -2.25. The highest BCUT2D eigenvalue weighted by Crippen LogP contribution is 2.39. The van der Waals surface area contributed by atoms with E-state index in [4.69, 9.17) is 4.74 Å². The number of Topliss-reactive ketones (excluding diaryl/α,β-unsaturated/α-hetero) is 1. The number of ether oxygens (including phenoxy) is 1. The highest BCUT2D eigenvalue weighted by atomic mass is 19.1. The summed E-state index contributed by atoms with van der Waals surface area (Å²) < 4.78 is 21.0. The lowest BCUT2D eigenvalue weighted by Crippen LogP contribution is -2.31. The molecule has 1 saturated heterocycles. The Morgan fingerprint density at radius 3 is 2.59 bits per heavy atom. The maximum absolute atomic E-state index is 14.2. The minimum atomic E-state index is -0.796. The molecule has 1 amide bonds. The third kappa shape index (κ3) is 3.99. The van der Waals surface area contributed by atoms with Gasteiger partial charge in [0.15, 0.2) is 11.6 Å². The minimum absolute atomic E-state index is 0.0149. The van der Waals surface area contributed by atoms with Crippen molar-refractivity contribution in [2.75, 3.05) is 13.7 Å². The first-order chi connectivity index (χ1) is 15.5. The number of nitrogens with zero attached hydrogens (tertiary/aromatic N) is 3. The van der Waals surface area contributed by atoms with Gasteiger partial charge < -0.3 is 19.3 Å². The molecule has 0 saturated carbocycles. The van der Waals surface area contributed by atoms with Gasteiger partial charge in [0.1, 0.15) is 5.76 Å². The third-order valence-electron chi connectivity index (χ3n) is 5.46. The normalized spacial score (nSPS) is 17.7. The fraction of sp³-hybridized carbons (Fsp3) is 0.208. The monoisotopic (exact) mass is 435 g/mol. The fourth-order valence-corrected chi connectivity index (χ4v) is 3.90. The van der Waals surface area contributed by atoms with Gasteiger partial charge in [-0.3, -0.25) is 9.59 Å². The molecule has 1 aliphatic heterocycles. The average molecular weight is 435 g/mol. The van der Waals surface area contributed by atoms with E-state index in [1.54, 1.807) is 36.8 Å². The smallest absolute Gasteiger partial charge is 0.295 e. The molecule has 1 fully saturated rings. The Bertz CT molecular complexity index is 1160. The summed E-state index contributed by atoms with van der Waals surface area (Å²) in [7, 11) is 1.34. The van der Waals surface area contributed by atoms with Gasteiger partial charge in [-0.1, -0.05) is 30.3 Å². The summed E-state index contributed by atoms with van der Waals surface area (Å²) in [5, 5.41) is 11.0. The van der Waals surface area contributed by atoms with Gasteiger partial charge >= 0.3 is 0 Å². The first kappa shape index (κ1) is 21.3. The van der Waals surface area contributed by atoms with Crippen LogP contribution < -0.4 is 4.74 Å². The number of amides is 1. The molecule has 32 heavy (non-hydrogen) atoms. The van der Waals surface area contributed by atoms with Gasteiger partial charge in [-0.15, -0.1) is 0 Å². The number of rotatable bonds is 7. The van der Waals surface area contributed by atoms with Crippen LogP contribution in [0.1, 0.15) is 23.6 Å². The van der Waals surface area contributed by atoms with E-state index in [1.807, 2.05) is 16.8 Å². The third-order valence-corrected chi connectivity index (χ3v) is 5.46. The molecule has 2 heterocycles. The van der Waals surface area contributed by atoms with Gasteiger partial charge in [0.05, 0.1) is 25.1 Å². The number of aliphatic hydroxyl groups excluding tert-OH is 1. The SMILES string of the molecule is COc1ccc(C(O)=C2C(=O)C(=O)N(CCCn3ccnc3)C2c2ccccc2)cc1F. The average Bonchev–Trinajstić information content (AvgIpc) is 3.41. The van der Waals surface area contributed by atoms with E-state index < -0.39 is 29.3 Å². The molecule has 1 unspecified atom stereocenters. The molecule has 3 aromatic rings. The van der Waals surface area contributed by atoms with Crippen LogP contribution >= 0.6 is 0 Å². The van der Waals surface area contributed by atoms with Crippen LogP contribution in [0.15, 0.2) is 72.8 Å². The number of aliphatic hydroxyl groups is 1. The number of benzene rings is 2. The number of ketones is 1. The van der Waals surface area contributed by atoms with Crippen LogP contribution in [0.3, 0.4) is 0 Å². The number of likely N-dealkylation sites (tertiary alicyclic amines) is 1. The van der Waals surface area contributed by atoms with Crippen LogP contribution in [0.25, 0.3) is 5.76 Å². The molecule has 1 aromatic heterocycles. The minimum Gasteiger partial charge on any atom is -0.507 e. The van der Waals surface area contributed by atoms with Gasteiger partial charge in [0.2, 0.25) is 0 Å². The Morgan fingerprint density at radius 2 is 1.94 bits per heavy atom. The number of hydrogen-bond donors (Lipinski definition) is 1.